The molecule has 4 aromatic carbocycles. The Hall–Kier alpha value is -4.01. The number of benzene rings is 4. The van der Waals surface area contributed by atoms with Crippen LogP contribution in [0.5, 0.6) is 0 Å². The number of aryl methyl sites for hydroxylation is 1. The number of anilines is 2. The Bertz CT molecular complexity index is 1570. The number of thioether (sulfide) groups is 1. The second-order valence-electron chi connectivity index (χ2n) is 8.38. The largest absolute Gasteiger partial charge is 0.322 e. The van der Waals surface area contributed by atoms with Crippen molar-refractivity contribution < 1.29 is 14.0 Å². The van der Waals surface area contributed by atoms with Crippen LogP contribution in [0.2, 0.25) is 0 Å². The minimum Gasteiger partial charge on any atom is -0.322 e. The van der Waals surface area contributed by atoms with Gasteiger partial charge >= 0.3 is 0 Å². The van der Waals surface area contributed by atoms with Gasteiger partial charge in [0.15, 0.2) is 5.13 Å². The minimum absolute atomic E-state index is 0.187. The molecule has 5 rings (SSSR count). The summed E-state index contributed by atoms with van der Waals surface area (Å²) in [7, 11) is 0. The summed E-state index contributed by atoms with van der Waals surface area (Å²) in [5.41, 5.74) is 3.76. The Morgan fingerprint density at radius 2 is 1.68 bits per heavy atom. The number of nitrogens with zero attached hydrogens (tertiary/aromatic N) is 1. The van der Waals surface area contributed by atoms with E-state index in [1.54, 1.807) is 6.07 Å². The van der Waals surface area contributed by atoms with Gasteiger partial charge < -0.3 is 10.6 Å². The van der Waals surface area contributed by atoms with Crippen LogP contribution in [0.3, 0.4) is 0 Å². The van der Waals surface area contributed by atoms with Crippen LogP contribution < -0.4 is 10.6 Å². The maximum atomic E-state index is 13.5. The van der Waals surface area contributed by atoms with Crippen molar-refractivity contribution in [2.45, 2.75) is 17.1 Å². The number of carbonyl (C=O) groups excluding carboxylic acids is 2. The van der Waals surface area contributed by atoms with Crippen molar-refractivity contribution in [3.8, 4) is 0 Å². The third kappa shape index (κ3) is 6.04. The van der Waals surface area contributed by atoms with E-state index in [0.717, 1.165) is 26.2 Å². The molecule has 184 valence electrons. The number of hydrogen-bond acceptors (Lipinski definition) is 5. The van der Waals surface area contributed by atoms with Gasteiger partial charge in [-0.15, -0.1) is 11.8 Å². The van der Waals surface area contributed by atoms with Gasteiger partial charge in [-0.25, -0.2) is 9.37 Å². The first-order valence-electron chi connectivity index (χ1n) is 11.5. The first kappa shape index (κ1) is 24.7. The highest BCUT2D eigenvalue weighted by Crippen LogP contribution is 2.38. The molecule has 0 aliphatic heterocycles. The van der Waals surface area contributed by atoms with Gasteiger partial charge in [-0.05, 0) is 72.6 Å². The Kier molecular flexibility index (Phi) is 7.30. The van der Waals surface area contributed by atoms with Crippen molar-refractivity contribution in [3.05, 3.63) is 120 Å². The standard InChI is InChI=1S/C29H22FN3O2S2/c1-18-10-15-24-25(16-18)37-29(32-24)33-28(35)26(19-6-3-2-4-7-19)36-23-9-5-8-22(17-23)31-27(34)20-11-13-21(30)14-12-20/h2-17,26H,1H3,(H,31,34)(H,32,33,35). The maximum Gasteiger partial charge on any atom is 0.255 e. The fourth-order valence-electron chi connectivity index (χ4n) is 3.74. The minimum atomic E-state index is -0.544. The van der Waals surface area contributed by atoms with Crippen molar-refractivity contribution in [1.82, 2.24) is 4.98 Å². The summed E-state index contributed by atoms with van der Waals surface area (Å²) in [6, 6.07) is 28.2. The van der Waals surface area contributed by atoms with Crippen molar-refractivity contribution in [3.63, 3.8) is 0 Å². The highest BCUT2D eigenvalue weighted by atomic mass is 32.2. The summed E-state index contributed by atoms with van der Waals surface area (Å²) < 4.78 is 14.2. The van der Waals surface area contributed by atoms with Crippen LogP contribution in [0.15, 0.2) is 102 Å². The van der Waals surface area contributed by atoms with E-state index in [1.165, 1.54) is 47.4 Å². The molecular formula is C29H22FN3O2S2. The van der Waals surface area contributed by atoms with Crippen LogP contribution in [0.4, 0.5) is 15.2 Å². The third-order valence-electron chi connectivity index (χ3n) is 5.57. The molecule has 37 heavy (non-hydrogen) atoms. The van der Waals surface area contributed by atoms with Crippen molar-refractivity contribution in [1.29, 1.82) is 0 Å². The summed E-state index contributed by atoms with van der Waals surface area (Å²) in [6.45, 7) is 2.02. The van der Waals surface area contributed by atoms with E-state index in [2.05, 4.69) is 21.7 Å². The van der Waals surface area contributed by atoms with Crippen LogP contribution >= 0.6 is 23.1 Å². The number of nitrogens with one attached hydrogen (secondary N) is 2. The number of carbonyl (C=O) groups is 2. The zero-order valence-electron chi connectivity index (χ0n) is 19.8. The molecule has 5 nitrogen and oxygen atoms in total. The molecule has 1 unspecified atom stereocenters. The lowest BCUT2D eigenvalue weighted by Gasteiger charge is -2.17. The molecular weight excluding hydrogens is 505 g/mol. The number of fused-ring (bicyclic) bond motifs is 1. The summed E-state index contributed by atoms with van der Waals surface area (Å²) in [5.74, 6) is -0.931. The molecule has 8 heteroatoms. The first-order chi connectivity index (χ1) is 17.9. The number of thiazole rings is 1. The van der Waals surface area contributed by atoms with Gasteiger partial charge in [-0.1, -0.05) is 53.8 Å². The van der Waals surface area contributed by atoms with Gasteiger partial charge in [0.05, 0.1) is 10.2 Å². The number of halogens is 1. The SMILES string of the molecule is Cc1ccc2nc(NC(=O)C(Sc3cccc(NC(=O)c4ccc(F)cc4)c3)c3ccccc3)sc2c1. The molecule has 0 bridgehead atoms. The average Bonchev–Trinajstić information content (AvgIpc) is 3.29. The smallest absolute Gasteiger partial charge is 0.255 e. The fraction of sp³-hybridized carbons (Fsp3) is 0.0690. The predicted octanol–water partition coefficient (Wildman–Crippen LogP) is 7.47. The van der Waals surface area contributed by atoms with E-state index in [4.69, 9.17) is 0 Å². The lowest BCUT2D eigenvalue weighted by atomic mass is 10.1. The molecule has 1 aromatic heterocycles. The first-order valence-corrected chi connectivity index (χ1v) is 13.2. The molecule has 5 aromatic rings. The molecule has 0 aliphatic carbocycles. The zero-order chi connectivity index (χ0) is 25.8. The molecule has 2 N–H and O–H groups in total. The molecule has 0 aliphatic rings. The lowest BCUT2D eigenvalue weighted by Crippen LogP contribution is -2.19. The molecule has 0 saturated carbocycles. The molecule has 0 fully saturated rings. The number of amides is 2. The van der Waals surface area contributed by atoms with E-state index < -0.39 is 11.1 Å². The van der Waals surface area contributed by atoms with E-state index in [9.17, 15) is 14.0 Å². The van der Waals surface area contributed by atoms with Crippen molar-refractivity contribution >= 4 is 55.9 Å². The van der Waals surface area contributed by atoms with Crippen LogP contribution in [-0.4, -0.2) is 16.8 Å². The Balaban J connectivity index is 1.36. The highest BCUT2D eigenvalue weighted by Gasteiger charge is 2.23. The number of hydrogen-bond donors (Lipinski definition) is 2. The zero-order valence-corrected chi connectivity index (χ0v) is 21.4. The van der Waals surface area contributed by atoms with Gasteiger partial charge in [0, 0.05) is 16.1 Å². The van der Waals surface area contributed by atoms with E-state index in [1.807, 2.05) is 67.6 Å². The van der Waals surface area contributed by atoms with E-state index in [0.29, 0.717) is 16.4 Å². The lowest BCUT2D eigenvalue weighted by molar-refractivity contribution is -0.115. The Morgan fingerprint density at radius 1 is 0.892 bits per heavy atom. The molecule has 0 saturated heterocycles. The topological polar surface area (TPSA) is 71.1 Å². The van der Waals surface area contributed by atoms with Gasteiger partial charge in [-0.3, -0.25) is 9.59 Å². The highest BCUT2D eigenvalue weighted by molar-refractivity contribution is 8.00. The van der Waals surface area contributed by atoms with Crippen LogP contribution in [0.1, 0.15) is 26.7 Å². The van der Waals surface area contributed by atoms with E-state index in [-0.39, 0.29) is 11.8 Å². The Morgan fingerprint density at radius 3 is 2.46 bits per heavy atom. The fourth-order valence-corrected chi connectivity index (χ4v) is 5.80. The quantitative estimate of drug-likeness (QED) is 0.215. The summed E-state index contributed by atoms with van der Waals surface area (Å²) >= 11 is 2.82. The van der Waals surface area contributed by atoms with E-state index >= 15 is 0 Å². The summed E-state index contributed by atoms with van der Waals surface area (Å²) in [5, 5.41) is 5.83. The third-order valence-corrected chi connectivity index (χ3v) is 7.75. The molecule has 1 atom stereocenters. The van der Waals surface area contributed by atoms with Crippen LogP contribution in [-0.2, 0) is 4.79 Å². The predicted molar refractivity (Wildman–Crippen MR) is 149 cm³/mol. The van der Waals surface area contributed by atoms with Gasteiger partial charge in [0.1, 0.15) is 11.1 Å². The maximum absolute atomic E-state index is 13.5. The average molecular weight is 528 g/mol. The number of aromatic nitrogens is 1. The monoisotopic (exact) mass is 527 g/mol. The Labute approximate surface area is 221 Å². The molecule has 0 spiro atoms. The van der Waals surface area contributed by atoms with Crippen LogP contribution in [0.25, 0.3) is 10.2 Å². The van der Waals surface area contributed by atoms with Crippen molar-refractivity contribution in [2.24, 2.45) is 0 Å². The van der Waals surface area contributed by atoms with Crippen LogP contribution in [0, 0.1) is 12.7 Å². The second-order valence-corrected chi connectivity index (χ2v) is 10.6. The molecule has 0 radical (unpaired) electrons. The van der Waals surface area contributed by atoms with Gasteiger partial charge in [0.2, 0.25) is 5.91 Å². The summed E-state index contributed by atoms with van der Waals surface area (Å²) in [4.78, 5) is 31.4. The van der Waals surface area contributed by atoms with Crippen molar-refractivity contribution in [2.75, 3.05) is 10.6 Å². The normalized spacial score (nSPS) is 11.7. The molecule has 1 heterocycles. The molecule has 2 amide bonds. The number of rotatable bonds is 7. The summed E-state index contributed by atoms with van der Waals surface area (Å²) in [6.07, 6.45) is 0. The van der Waals surface area contributed by atoms with Gasteiger partial charge in [-0.2, -0.15) is 0 Å². The second kappa shape index (κ2) is 10.9. The van der Waals surface area contributed by atoms with Gasteiger partial charge in [0.25, 0.3) is 5.91 Å².